The maximum Gasteiger partial charge on any atom is 0.707 e. The highest BCUT2D eigenvalue weighted by Crippen LogP contribution is 2.29. The van der Waals surface area contributed by atoms with Crippen LogP contribution in [0.2, 0.25) is 0 Å². The topological polar surface area (TPSA) is 49.7 Å². The summed E-state index contributed by atoms with van der Waals surface area (Å²) in [7, 11) is -2.19. The predicted molar refractivity (Wildman–Crippen MR) is 62.6 cm³/mol. The van der Waals surface area contributed by atoms with Crippen LogP contribution in [-0.4, -0.2) is 17.4 Å². The molecule has 0 radical (unpaired) electrons. The molecule has 0 saturated heterocycles. The molecule has 0 heterocycles. The molecule has 92 valence electrons. The molecule has 2 aromatic rings. The molecule has 6 heteroatoms. The van der Waals surface area contributed by atoms with E-state index >= 15 is 0 Å². The molecule has 2 N–H and O–H groups in total. The van der Waals surface area contributed by atoms with Gasteiger partial charge in [0, 0.05) is 5.56 Å². The van der Waals surface area contributed by atoms with Crippen LogP contribution >= 0.6 is 0 Å². The third-order valence-electron chi connectivity index (χ3n) is 2.36. The Morgan fingerprint density at radius 2 is 1.56 bits per heavy atom. The van der Waals surface area contributed by atoms with E-state index in [-0.39, 0.29) is 5.56 Å². The van der Waals surface area contributed by atoms with E-state index in [0.717, 1.165) is 6.07 Å². The molecule has 2 rings (SSSR count). The Morgan fingerprint density at radius 1 is 0.889 bits per heavy atom. The summed E-state index contributed by atoms with van der Waals surface area (Å²) < 4.78 is 31.7. The molecule has 3 nitrogen and oxygen atoms in total. The van der Waals surface area contributed by atoms with E-state index in [4.69, 9.17) is 10.0 Å². The van der Waals surface area contributed by atoms with Crippen LogP contribution in [0.15, 0.2) is 42.5 Å². The SMILES string of the molecule is OB(O)Oc1ccc(-c2ccccc2)c(F)c1F. The second-order valence-electron chi connectivity index (χ2n) is 3.55. The molecule has 0 aliphatic carbocycles. The van der Waals surface area contributed by atoms with Crippen molar-refractivity contribution in [3.63, 3.8) is 0 Å². The fourth-order valence-corrected chi connectivity index (χ4v) is 1.58. The molecule has 0 aromatic heterocycles. The Morgan fingerprint density at radius 3 is 2.17 bits per heavy atom. The molecule has 0 spiro atoms. The second kappa shape index (κ2) is 5.16. The lowest BCUT2D eigenvalue weighted by Crippen LogP contribution is -2.21. The third kappa shape index (κ3) is 2.50. The summed E-state index contributed by atoms with van der Waals surface area (Å²) in [6.07, 6.45) is 0. The lowest BCUT2D eigenvalue weighted by Gasteiger charge is -2.09. The van der Waals surface area contributed by atoms with Crippen molar-refractivity contribution in [2.24, 2.45) is 0 Å². The lowest BCUT2D eigenvalue weighted by molar-refractivity contribution is 0.279. The Balaban J connectivity index is 2.44. The quantitative estimate of drug-likeness (QED) is 0.819. The fraction of sp³-hybridized carbons (Fsp3) is 0. The van der Waals surface area contributed by atoms with Crippen LogP contribution in [0.4, 0.5) is 8.78 Å². The summed E-state index contributed by atoms with van der Waals surface area (Å²) in [4.78, 5) is 0. The van der Waals surface area contributed by atoms with Crippen LogP contribution in [0, 0.1) is 11.6 Å². The van der Waals surface area contributed by atoms with Crippen LogP contribution in [-0.2, 0) is 0 Å². The molecular weight excluding hydrogens is 241 g/mol. The first kappa shape index (κ1) is 12.5. The number of rotatable bonds is 3. The Kier molecular flexibility index (Phi) is 3.59. The lowest BCUT2D eigenvalue weighted by atomic mass is 10.0. The maximum atomic E-state index is 13.8. The number of hydrogen-bond donors (Lipinski definition) is 2. The number of benzene rings is 2. The van der Waals surface area contributed by atoms with E-state index in [1.165, 1.54) is 6.07 Å². The van der Waals surface area contributed by atoms with Crippen LogP contribution in [0.25, 0.3) is 11.1 Å². The van der Waals surface area contributed by atoms with Gasteiger partial charge in [0.15, 0.2) is 11.6 Å². The smallest absolute Gasteiger partial charge is 0.509 e. The minimum Gasteiger partial charge on any atom is -0.509 e. The van der Waals surface area contributed by atoms with Crippen LogP contribution in [0.5, 0.6) is 5.75 Å². The van der Waals surface area contributed by atoms with Crippen LogP contribution in [0.1, 0.15) is 0 Å². The first-order valence-corrected chi connectivity index (χ1v) is 5.16. The highest BCUT2D eigenvalue weighted by Gasteiger charge is 2.19. The molecule has 2 aromatic carbocycles. The molecule has 0 fully saturated rings. The molecule has 0 aliphatic heterocycles. The standard InChI is InChI=1S/C12H9BF2O3/c14-11-9(8-4-2-1-3-5-8)6-7-10(12(11)15)18-13(16)17/h1-7,16-17H. The van der Waals surface area contributed by atoms with Crippen molar-refractivity contribution in [1.29, 1.82) is 0 Å². The van der Waals surface area contributed by atoms with Crippen molar-refractivity contribution < 1.29 is 23.5 Å². The fourth-order valence-electron chi connectivity index (χ4n) is 1.58. The number of halogens is 2. The van der Waals surface area contributed by atoms with Gasteiger partial charge >= 0.3 is 7.32 Å². The molecule has 0 bridgehead atoms. The minimum atomic E-state index is -2.19. The molecule has 0 aliphatic rings. The summed E-state index contributed by atoms with van der Waals surface area (Å²) in [6.45, 7) is 0. The molecule has 0 atom stereocenters. The van der Waals surface area contributed by atoms with Crippen LogP contribution in [0.3, 0.4) is 0 Å². The second-order valence-corrected chi connectivity index (χ2v) is 3.55. The minimum absolute atomic E-state index is 0.0767. The van der Waals surface area contributed by atoms with Gasteiger partial charge in [-0.1, -0.05) is 30.3 Å². The normalized spacial score (nSPS) is 10.2. The van der Waals surface area contributed by atoms with E-state index in [1.54, 1.807) is 30.3 Å². The average Bonchev–Trinajstić information content (AvgIpc) is 2.36. The first-order valence-electron chi connectivity index (χ1n) is 5.16. The molecule has 0 amide bonds. The summed E-state index contributed by atoms with van der Waals surface area (Å²) in [5.74, 6) is -2.91. The van der Waals surface area contributed by atoms with Crippen molar-refractivity contribution >= 4 is 7.32 Å². The van der Waals surface area contributed by atoms with Gasteiger partial charge in [0.25, 0.3) is 0 Å². The zero-order valence-corrected chi connectivity index (χ0v) is 9.18. The van der Waals surface area contributed by atoms with E-state index < -0.39 is 24.7 Å². The van der Waals surface area contributed by atoms with Gasteiger partial charge in [-0.25, -0.2) is 4.39 Å². The Hall–Kier alpha value is -1.92. The summed E-state index contributed by atoms with van der Waals surface area (Å²) >= 11 is 0. The molecular formula is C12H9BF2O3. The highest BCUT2D eigenvalue weighted by atomic mass is 19.2. The summed E-state index contributed by atoms with van der Waals surface area (Å²) in [5.41, 5.74) is 0.595. The van der Waals surface area contributed by atoms with Gasteiger partial charge in [-0.05, 0) is 17.7 Å². The van der Waals surface area contributed by atoms with Crippen molar-refractivity contribution in [1.82, 2.24) is 0 Å². The van der Waals surface area contributed by atoms with E-state index in [2.05, 4.69) is 4.65 Å². The summed E-state index contributed by atoms with van der Waals surface area (Å²) in [5, 5.41) is 17.1. The zero-order chi connectivity index (χ0) is 13.1. The van der Waals surface area contributed by atoms with Gasteiger partial charge in [0.05, 0.1) is 0 Å². The first-order chi connectivity index (χ1) is 8.59. The van der Waals surface area contributed by atoms with Gasteiger partial charge in [-0.2, -0.15) is 4.39 Å². The largest absolute Gasteiger partial charge is 0.707 e. The van der Waals surface area contributed by atoms with Gasteiger partial charge in [-0.15, -0.1) is 0 Å². The molecule has 18 heavy (non-hydrogen) atoms. The van der Waals surface area contributed by atoms with E-state index in [1.807, 2.05) is 0 Å². The Bertz CT molecular complexity index is 547. The van der Waals surface area contributed by atoms with E-state index in [9.17, 15) is 8.78 Å². The zero-order valence-electron chi connectivity index (χ0n) is 9.18. The van der Waals surface area contributed by atoms with Crippen molar-refractivity contribution in [3.8, 4) is 16.9 Å². The van der Waals surface area contributed by atoms with Crippen molar-refractivity contribution in [3.05, 3.63) is 54.1 Å². The number of hydrogen-bond acceptors (Lipinski definition) is 3. The van der Waals surface area contributed by atoms with Gasteiger partial charge in [-0.3, -0.25) is 0 Å². The monoisotopic (exact) mass is 250 g/mol. The predicted octanol–water partition coefficient (Wildman–Crippen LogP) is 1.98. The van der Waals surface area contributed by atoms with Crippen molar-refractivity contribution in [2.75, 3.05) is 0 Å². The van der Waals surface area contributed by atoms with Gasteiger partial charge in [0.1, 0.15) is 5.75 Å². The third-order valence-corrected chi connectivity index (χ3v) is 2.36. The van der Waals surface area contributed by atoms with Gasteiger partial charge in [0.2, 0.25) is 0 Å². The van der Waals surface area contributed by atoms with E-state index in [0.29, 0.717) is 5.56 Å². The maximum absolute atomic E-state index is 13.8. The van der Waals surface area contributed by atoms with Crippen molar-refractivity contribution in [2.45, 2.75) is 0 Å². The molecule has 0 unspecified atom stereocenters. The van der Waals surface area contributed by atoms with Crippen LogP contribution < -0.4 is 4.65 Å². The Labute approximate surface area is 102 Å². The molecule has 0 saturated carbocycles. The average molecular weight is 250 g/mol. The summed E-state index contributed by atoms with van der Waals surface area (Å²) in [6, 6.07) is 10.9. The highest BCUT2D eigenvalue weighted by molar-refractivity contribution is 6.33. The van der Waals surface area contributed by atoms with Gasteiger partial charge < -0.3 is 14.7 Å².